The number of benzene rings is 1. The molecule has 1 aliphatic rings. The van der Waals surface area contributed by atoms with Gasteiger partial charge in [-0.05, 0) is 17.7 Å². The highest BCUT2D eigenvalue weighted by Crippen LogP contribution is 2.26. The van der Waals surface area contributed by atoms with Crippen molar-refractivity contribution in [2.45, 2.75) is 6.10 Å². The quantitative estimate of drug-likeness (QED) is 0.800. The highest BCUT2D eigenvalue weighted by molar-refractivity contribution is 5.54. The zero-order chi connectivity index (χ0) is 18.1. The first-order valence-electron chi connectivity index (χ1n) is 7.76. The first-order valence-corrected chi connectivity index (χ1v) is 7.76. The molecule has 7 nitrogen and oxygen atoms in total. The van der Waals surface area contributed by atoms with Crippen molar-refractivity contribution in [2.75, 3.05) is 24.6 Å². The van der Waals surface area contributed by atoms with Gasteiger partial charge in [0.05, 0.1) is 6.61 Å². The number of nitriles is 1. The number of rotatable bonds is 2. The molecule has 0 unspecified atom stereocenters. The van der Waals surface area contributed by atoms with Crippen LogP contribution in [0.3, 0.4) is 0 Å². The Balaban J connectivity index is 2.03. The number of anilines is 1. The fourth-order valence-electron chi connectivity index (χ4n) is 3.02. The monoisotopic (exact) mass is 344 g/mol. The van der Waals surface area contributed by atoms with Gasteiger partial charge in [-0.15, -0.1) is 0 Å². The number of morpholine rings is 1. The summed E-state index contributed by atoms with van der Waals surface area (Å²) in [7, 11) is 2.87. The Hall–Kier alpha value is -2.92. The Kier molecular flexibility index (Phi) is 4.42. The van der Waals surface area contributed by atoms with Crippen LogP contribution in [0.15, 0.2) is 33.9 Å². The van der Waals surface area contributed by atoms with E-state index in [4.69, 9.17) is 4.74 Å². The van der Waals surface area contributed by atoms with E-state index in [2.05, 4.69) is 0 Å². The fourth-order valence-corrected chi connectivity index (χ4v) is 3.02. The molecule has 0 aliphatic carbocycles. The average molecular weight is 344 g/mol. The van der Waals surface area contributed by atoms with E-state index < -0.39 is 11.2 Å². The molecule has 130 valence electrons. The highest BCUT2D eigenvalue weighted by atomic mass is 19.1. The van der Waals surface area contributed by atoms with Gasteiger partial charge >= 0.3 is 5.69 Å². The molecule has 0 saturated carbocycles. The number of ether oxygens (including phenoxy) is 1. The molecule has 1 fully saturated rings. The lowest BCUT2D eigenvalue weighted by atomic mass is 10.1. The molecule has 0 N–H and O–H groups in total. The van der Waals surface area contributed by atoms with Crippen molar-refractivity contribution in [2.24, 2.45) is 14.1 Å². The maximum atomic E-state index is 13.1. The molecule has 25 heavy (non-hydrogen) atoms. The second-order valence-corrected chi connectivity index (χ2v) is 5.87. The normalized spacial score (nSPS) is 17.4. The van der Waals surface area contributed by atoms with Crippen LogP contribution in [0.4, 0.5) is 10.2 Å². The van der Waals surface area contributed by atoms with Crippen molar-refractivity contribution < 1.29 is 9.13 Å². The van der Waals surface area contributed by atoms with Crippen LogP contribution >= 0.6 is 0 Å². The molecule has 0 bridgehead atoms. The summed E-state index contributed by atoms with van der Waals surface area (Å²) in [5.74, 6) is -0.0526. The number of hydrogen-bond donors (Lipinski definition) is 0. The van der Waals surface area contributed by atoms with Gasteiger partial charge in [-0.2, -0.15) is 5.26 Å². The first kappa shape index (κ1) is 16.9. The second kappa shape index (κ2) is 6.53. The van der Waals surface area contributed by atoms with Crippen LogP contribution in [0, 0.1) is 17.1 Å². The van der Waals surface area contributed by atoms with Crippen molar-refractivity contribution in [1.82, 2.24) is 9.13 Å². The van der Waals surface area contributed by atoms with E-state index in [-0.39, 0.29) is 23.3 Å². The van der Waals surface area contributed by atoms with Crippen LogP contribution in [0.1, 0.15) is 17.2 Å². The molecule has 2 aromatic rings. The molecular weight excluding hydrogens is 327 g/mol. The van der Waals surface area contributed by atoms with Crippen LogP contribution in [0.5, 0.6) is 0 Å². The van der Waals surface area contributed by atoms with Crippen molar-refractivity contribution in [1.29, 1.82) is 5.26 Å². The van der Waals surface area contributed by atoms with Crippen LogP contribution in [-0.2, 0) is 18.8 Å². The van der Waals surface area contributed by atoms with Gasteiger partial charge < -0.3 is 9.64 Å². The summed E-state index contributed by atoms with van der Waals surface area (Å²) in [5.41, 5.74) is -0.406. The third kappa shape index (κ3) is 2.94. The molecule has 1 saturated heterocycles. The summed E-state index contributed by atoms with van der Waals surface area (Å²) in [6.07, 6.45) is -0.347. The van der Waals surface area contributed by atoms with Crippen molar-refractivity contribution in [3.63, 3.8) is 0 Å². The summed E-state index contributed by atoms with van der Waals surface area (Å²) < 4.78 is 21.1. The van der Waals surface area contributed by atoms with Gasteiger partial charge in [-0.25, -0.2) is 9.18 Å². The largest absolute Gasteiger partial charge is 0.370 e. The van der Waals surface area contributed by atoms with Gasteiger partial charge in [0.2, 0.25) is 0 Å². The Morgan fingerprint density at radius 1 is 1.20 bits per heavy atom. The summed E-state index contributed by atoms with van der Waals surface area (Å²) in [4.78, 5) is 26.3. The van der Waals surface area contributed by atoms with E-state index in [0.717, 1.165) is 10.1 Å². The van der Waals surface area contributed by atoms with E-state index in [9.17, 15) is 19.2 Å². The van der Waals surface area contributed by atoms with Gasteiger partial charge in [-0.3, -0.25) is 13.9 Å². The molecule has 1 aromatic carbocycles. The third-order valence-electron chi connectivity index (χ3n) is 4.35. The topological polar surface area (TPSA) is 80.3 Å². The minimum absolute atomic E-state index is 0.0793. The maximum absolute atomic E-state index is 13.1. The summed E-state index contributed by atoms with van der Waals surface area (Å²) in [6, 6.07) is 7.89. The smallest absolute Gasteiger partial charge is 0.332 e. The van der Waals surface area contributed by atoms with Gasteiger partial charge in [0.15, 0.2) is 5.56 Å². The standard InChI is InChI=1S/C17H17FN4O3/c1-20-15(13(9-19)16(23)21(2)17(20)24)22-7-8-25-14(10-22)11-3-5-12(18)6-4-11/h3-6,14H,7-8,10H2,1-2H3/t14-/m0/s1. The van der Waals surface area contributed by atoms with E-state index in [1.807, 2.05) is 6.07 Å². The summed E-state index contributed by atoms with van der Waals surface area (Å²) in [6.45, 7) is 1.14. The minimum atomic E-state index is -0.620. The zero-order valence-corrected chi connectivity index (χ0v) is 13.9. The van der Waals surface area contributed by atoms with Crippen molar-refractivity contribution in [3.8, 4) is 6.07 Å². The first-order chi connectivity index (χ1) is 11.9. The van der Waals surface area contributed by atoms with E-state index in [1.165, 1.54) is 30.8 Å². The van der Waals surface area contributed by atoms with Crippen LogP contribution in [0.25, 0.3) is 0 Å². The van der Waals surface area contributed by atoms with Crippen LogP contribution in [-0.4, -0.2) is 28.8 Å². The Morgan fingerprint density at radius 3 is 2.52 bits per heavy atom. The molecule has 1 aromatic heterocycles. The molecule has 2 heterocycles. The van der Waals surface area contributed by atoms with Gasteiger partial charge in [0.25, 0.3) is 5.56 Å². The van der Waals surface area contributed by atoms with E-state index >= 15 is 0 Å². The van der Waals surface area contributed by atoms with E-state index in [0.29, 0.717) is 19.7 Å². The number of nitrogens with zero attached hydrogens (tertiary/aromatic N) is 4. The second-order valence-electron chi connectivity index (χ2n) is 5.87. The summed E-state index contributed by atoms with van der Waals surface area (Å²) in [5, 5.41) is 9.40. The lowest BCUT2D eigenvalue weighted by Crippen LogP contribution is -2.46. The number of hydrogen-bond acceptors (Lipinski definition) is 5. The maximum Gasteiger partial charge on any atom is 0.332 e. The molecule has 1 aliphatic heterocycles. The Morgan fingerprint density at radius 2 is 1.88 bits per heavy atom. The average Bonchev–Trinajstić information content (AvgIpc) is 2.63. The van der Waals surface area contributed by atoms with Gasteiger partial charge in [-0.1, -0.05) is 12.1 Å². The van der Waals surface area contributed by atoms with Crippen molar-refractivity contribution >= 4 is 5.82 Å². The molecule has 0 amide bonds. The van der Waals surface area contributed by atoms with Crippen LogP contribution < -0.4 is 16.1 Å². The van der Waals surface area contributed by atoms with Gasteiger partial charge in [0.1, 0.15) is 23.8 Å². The molecular formula is C17H17FN4O3. The molecule has 3 rings (SSSR count). The SMILES string of the molecule is Cn1c(N2CCO[C@H](c3ccc(F)cc3)C2)c(C#N)c(=O)n(C)c1=O. The molecule has 8 heteroatoms. The molecule has 1 atom stereocenters. The van der Waals surface area contributed by atoms with E-state index in [1.54, 1.807) is 17.0 Å². The zero-order valence-electron chi connectivity index (χ0n) is 13.9. The fraction of sp³-hybridized carbons (Fsp3) is 0.353. The Bertz CT molecular complexity index is 956. The Labute approximate surface area is 143 Å². The highest BCUT2D eigenvalue weighted by Gasteiger charge is 2.27. The van der Waals surface area contributed by atoms with Crippen LogP contribution in [0.2, 0.25) is 0 Å². The minimum Gasteiger partial charge on any atom is -0.370 e. The lowest BCUT2D eigenvalue weighted by molar-refractivity contribution is 0.0392. The number of aromatic nitrogens is 2. The lowest BCUT2D eigenvalue weighted by Gasteiger charge is -2.35. The molecule has 0 radical (unpaired) electrons. The summed E-state index contributed by atoms with van der Waals surface area (Å²) >= 11 is 0. The third-order valence-corrected chi connectivity index (χ3v) is 4.35. The predicted octanol–water partition coefficient (Wildman–Crippen LogP) is 0.673. The predicted molar refractivity (Wildman–Crippen MR) is 88.9 cm³/mol. The van der Waals surface area contributed by atoms with Crippen molar-refractivity contribution in [3.05, 3.63) is 62.0 Å². The van der Waals surface area contributed by atoms with Gasteiger partial charge in [0, 0.05) is 27.2 Å². The molecule has 0 spiro atoms. The number of halogens is 1.